The van der Waals surface area contributed by atoms with E-state index in [1.807, 2.05) is 11.8 Å². The molecule has 0 radical (unpaired) electrons. The van der Waals surface area contributed by atoms with E-state index >= 15 is 0 Å². The third-order valence-electron chi connectivity index (χ3n) is 4.22. The third-order valence-corrected chi connectivity index (χ3v) is 5.47. The lowest BCUT2D eigenvalue weighted by Gasteiger charge is -2.47. The van der Waals surface area contributed by atoms with Gasteiger partial charge in [-0.1, -0.05) is 18.2 Å². The summed E-state index contributed by atoms with van der Waals surface area (Å²) in [4.78, 5) is 1.37. The first-order valence-electron chi connectivity index (χ1n) is 7.71. The molecule has 3 heteroatoms. The summed E-state index contributed by atoms with van der Waals surface area (Å²) in [6, 6.07) is 10.7. The van der Waals surface area contributed by atoms with Crippen LogP contribution in [0.1, 0.15) is 39.0 Å². The van der Waals surface area contributed by atoms with Crippen LogP contribution in [0.5, 0.6) is 0 Å². The van der Waals surface area contributed by atoms with Crippen molar-refractivity contribution in [3.8, 4) is 0 Å². The molecule has 0 amide bonds. The fraction of sp³-hybridized carbons (Fsp3) is 0.647. The molecule has 110 valence electrons. The molecule has 1 atom stereocenters. The minimum atomic E-state index is 0.0523. The monoisotopic (exact) mass is 292 g/mol. The maximum absolute atomic E-state index is 6.17. The van der Waals surface area contributed by atoms with E-state index in [0.29, 0.717) is 0 Å². The van der Waals surface area contributed by atoms with Gasteiger partial charge >= 0.3 is 0 Å². The number of hydrogen-bond donors (Lipinski definition) is 0. The van der Waals surface area contributed by atoms with Crippen LogP contribution in [0.2, 0.25) is 0 Å². The smallest absolute Gasteiger partial charge is 0.158 e. The van der Waals surface area contributed by atoms with Crippen molar-refractivity contribution in [2.75, 3.05) is 12.4 Å². The van der Waals surface area contributed by atoms with Crippen molar-refractivity contribution >= 4 is 11.8 Å². The first kappa shape index (κ1) is 14.4. The number of thioether (sulfide) groups is 1. The second-order valence-corrected chi connectivity index (χ2v) is 7.36. The molecule has 1 heterocycles. The molecule has 1 aromatic rings. The van der Waals surface area contributed by atoms with Crippen LogP contribution in [0.3, 0.4) is 0 Å². The normalized spacial score (nSPS) is 33.6. The van der Waals surface area contributed by atoms with Crippen molar-refractivity contribution in [2.45, 2.75) is 55.8 Å². The fourth-order valence-corrected chi connectivity index (χ4v) is 4.24. The zero-order chi connectivity index (χ0) is 13.8. The molecular formula is C17H24O2S. The fourth-order valence-electron chi connectivity index (χ4n) is 3.23. The standard InChI is InChI=1S/C17H24O2S/c1-17(19-16-9-5-6-10-18-16)11-14(12-17)13-20-15-7-3-2-4-8-15/h2-4,7-8,14,16H,5-6,9-13H2,1H3. The van der Waals surface area contributed by atoms with E-state index < -0.39 is 0 Å². The van der Waals surface area contributed by atoms with Gasteiger partial charge in [0.2, 0.25) is 0 Å². The molecule has 2 aliphatic rings. The molecule has 20 heavy (non-hydrogen) atoms. The summed E-state index contributed by atoms with van der Waals surface area (Å²) in [6.07, 6.45) is 5.90. The van der Waals surface area contributed by atoms with E-state index in [2.05, 4.69) is 37.3 Å². The van der Waals surface area contributed by atoms with Crippen LogP contribution in [-0.2, 0) is 9.47 Å². The van der Waals surface area contributed by atoms with Gasteiger partial charge in [0.05, 0.1) is 5.60 Å². The second-order valence-electron chi connectivity index (χ2n) is 6.26. The highest BCUT2D eigenvalue weighted by molar-refractivity contribution is 7.99. The van der Waals surface area contributed by atoms with E-state index in [9.17, 15) is 0 Å². The molecule has 0 spiro atoms. The number of hydrogen-bond acceptors (Lipinski definition) is 3. The van der Waals surface area contributed by atoms with Gasteiger partial charge in [0, 0.05) is 17.3 Å². The Morgan fingerprint density at radius 1 is 1.25 bits per heavy atom. The minimum Gasteiger partial charge on any atom is -0.353 e. The van der Waals surface area contributed by atoms with E-state index in [1.165, 1.54) is 36.3 Å². The molecule has 3 rings (SSSR count). The molecule has 1 aromatic carbocycles. The number of benzene rings is 1. The highest BCUT2D eigenvalue weighted by Crippen LogP contribution is 2.44. The van der Waals surface area contributed by atoms with E-state index in [4.69, 9.17) is 9.47 Å². The van der Waals surface area contributed by atoms with Gasteiger partial charge in [-0.2, -0.15) is 0 Å². The summed E-state index contributed by atoms with van der Waals surface area (Å²) in [7, 11) is 0. The third kappa shape index (κ3) is 3.78. The van der Waals surface area contributed by atoms with Gasteiger partial charge < -0.3 is 9.47 Å². The van der Waals surface area contributed by atoms with Gasteiger partial charge in [0.25, 0.3) is 0 Å². The molecule has 1 saturated heterocycles. The Morgan fingerprint density at radius 2 is 2.05 bits per heavy atom. The van der Waals surface area contributed by atoms with Crippen molar-refractivity contribution in [2.24, 2.45) is 5.92 Å². The average molecular weight is 292 g/mol. The minimum absolute atomic E-state index is 0.0523. The lowest BCUT2D eigenvalue weighted by atomic mass is 9.73. The van der Waals surface area contributed by atoms with Gasteiger partial charge in [-0.15, -0.1) is 11.8 Å². The molecule has 1 aliphatic carbocycles. The zero-order valence-electron chi connectivity index (χ0n) is 12.2. The van der Waals surface area contributed by atoms with Crippen molar-refractivity contribution in [3.05, 3.63) is 30.3 Å². The Kier molecular flexibility index (Phi) is 4.69. The Bertz CT molecular complexity index is 408. The highest BCUT2D eigenvalue weighted by atomic mass is 32.2. The topological polar surface area (TPSA) is 18.5 Å². The van der Waals surface area contributed by atoms with Crippen molar-refractivity contribution < 1.29 is 9.47 Å². The lowest BCUT2D eigenvalue weighted by molar-refractivity contribution is -0.248. The van der Waals surface area contributed by atoms with Crippen LogP contribution in [0.25, 0.3) is 0 Å². The average Bonchev–Trinajstić information content (AvgIpc) is 2.45. The van der Waals surface area contributed by atoms with Crippen LogP contribution in [0, 0.1) is 5.92 Å². The predicted molar refractivity (Wildman–Crippen MR) is 83.0 cm³/mol. The molecule has 0 N–H and O–H groups in total. The number of rotatable bonds is 5. The second kappa shape index (κ2) is 6.50. The van der Waals surface area contributed by atoms with E-state index in [1.54, 1.807) is 0 Å². The molecule has 0 bridgehead atoms. The first-order valence-corrected chi connectivity index (χ1v) is 8.69. The van der Waals surface area contributed by atoms with Gasteiger partial charge in [-0.05, 0) is 57.1 Å². The van der Waals surface area contributed by atoms with Gasteiger partial charge in [0.1, 0.15) is 0 Å². The summed E-state index contributed by atoms with van der Waals surface area (Å²) in [5, 5.41) is 0. The molecule has 2 nitrogen and oxygen atoms in total. The van der Waals surface area contributed by atoms with E-state index in [-0.39, 0.29) is 11.9 Å². The molecule has 2 fully saturated rings. The highest BCUT2D eigenvalue weighted by Gasteiger charge is 2.43. The van der Waals surface area contributed by atoms with Crippen LogP contribution in [0.4, 0.5) is 0 Å². The molecular weight excluding hydrogens is 268 g/mol. The quantitative estimate of drug-likeness (QED) is 0.745. The van der Waals surface area contributed by atoms with Gasteiger partial charge in [-0.25, -0.2) is 0 Å². The van der Waals surface area contributed by atoms with Crippen molar-refractivity contribution in [1.82, 2.24) is 0 Å². The Balaban J connectivity index is 1.39. The van der Waals surface area contributed by atoms with Crippen LogP contribution in [0.15, 0.2) is 35.2 Å². The SMILES string of the molecule is CC1(OC2CCCCO2)CC(CSc2ccccc2)C1. The lowest BCUT2D eigenvalue weighted by Crippen LogP contribution is -2.47. The Hall–Kier alpha value is -0.510. The summed E-state index contributed by atoms with van der Waals surface area (Å²) < 4.78 is 11.9. The predicted octanol–water partition coefficient (Wildman–Crippen LogP) is 4.49. The largest absolute Gasteiger partial charge is 0.353 e. The van der Waals surface area contributed by atoms with Crippen LogP contribution in [-0.4, -0.2) is 24.3 Å². The molecule has 1 saturated carbocycles. The maximum atomic E-state index is 6.17. The number of ether oxygens (including phenoxy) is 2. The summed E-state index contributed by atoms with van der Waals surface area (Å²) >= 11 is 1.96. The zero-order valence-corrected chi connectivity index (χ0v) is 13.0. The van der Waals surface area contributed by atoms with Gasteiger partial charge in [0.15, 0.2) is 6.29 Å². The van der Waals surface area contributed by atoms with Gasteiger partial charge in [-0.3, -0.25) is 0 Å². The van der Waals surface area contributed by atoms with Crippen molar-refractivity contribution in [1.29, 1.82) is 0 Å². The molecule has 1 unspecified atom stereocenters. The van der Waals surface area contributed by atoms with Crippen LogP contribution >= 0.6 is 11.8 Å². The first-order chi connectivity index (χ1) is 9.73. The van der Waals surface area contributed by atoms with E-state index in [0.717, 1.165) is 18.9 Å². The summed E-state index contributed by atoms with van der Waals surface area (Å²) in [6.45, 7) is 3.11. The summed E-state index contributed by atoms with van der Waals surface area (Å²) in [5.41, 5.74) is 0.0594. The Labute approximate surface area is 126 Å². The van der Waals surface area contributed by atoms with Crippen molar-refractivity contribution in [3.63, 3.8) is 0 Å². The maximum Gasteiger partial charge on any atom is 0.158 e. The summed E-state index contributed by atoms with van der Waals surface area (Å²) in [5.74, 6) is 1.99. The molecule has 0 aromatic heterocycles. The Morgan fingerprint density at radius 3 is 2.75 bits per heavy atom. The van der Waals surface area contributed by atoms with Crippen LogP contribution < -0.4 is 0 Å². The molecule has 1 aliphatic heterocycles.